The predicted molar refractivity (Wildman–Crippen MR) is 66.9 cm³/mol. The maximum Gasteiger partial charge on any atom is 0.162 e. The van der Waals surface area contributed by atoms with E-state index in [1.165, 1.54) is 6.42 Å². The molecular weight excluding hydrogens is 270 g/mol. The number of hydrogen-bond acceptors (Lipinski definition) is 3. The van der Waals surface area contributed by atoms with Crippen molar-refractivity contribution < 1.29 is 9.84 Å². The number of phenols is 1. The van der Waals surface area contributed by atoms with Gasteiger partial charge in [0.2, 0.25) is 0 Å². The van der Waals surface area contributed by atoms with Crippen molar-refractivity contribution in [3.8, 4) is 11.5 Å². The molecule has 0 spiro atoms. The first-order chi connectivity index (χ1) is 7.64. The van der Waals surface area contributed by atoms with Crippen LogP contribution >= 0.6 is 15.9 Å². The first-order valence-corrected chi connectivity index (χ1v) is 6.20. The highest BCUT2D eigenvalue weighted by Gasteiger charge is 2.41. The van der Waals surface area contributed by atoms with Gasteiger partial charge in [0.25, 0.3) is 0 Å². The fraction of sp³-hybridized carbons (Fsp3) is 0.500. The Morgan fingerprint density at radius 2 is 2.19 bits per heavy atom. The molecule has 1 saturated carbocycles. The summed E-state index contributed by atoms with van der Waals surface area (Å²) in [5.41, 5.74) is 6.69. The van der Waals surface area contributed by atoms with Crippen molar-refractivity contribution in [2.45, 2.75) is 24.7 Å². The molecule has 0 bridgehead atoms. The zero-order chi connectivity index (χ0) is 11.8. The number of halogens is 1. The van der Waals surface area contributed by atoms with Crippen LogP contribution in [0.1, 0.15) is 24.8 Å². The van der Waals surface area contributed by atoms with Gasteiger partial charge < -0.3 is 15.6 Å². The highest BCUT2D eigenvalue weighted by atomic mass is 79.9. The van der Waals surface area contributed by atoms with Gasteiger partial charge in [-0.15, -0.1) is 0 Å². The number of hydrogen-bond donors (Lipinski definition) is 2. The van der Waals surface area contributed by atoms with E-state index in [9.17, 15) is 5.11 Å². The fourth-order valence-electron chi connectivity index (χ4n) is 2.38. The van der Waals surface area contributed by atoms with Gasteiger partial charge in [0.15, 0.2) is 11.5 Å². The Hall–Kier alpha value is -0.740. The van der Waals surface area contributed by atoms with Crippen LogP contribution < -0.4 is 10.5 Å². The zero-order valence-corrected chi connectivity index (χ0v) is 10.9. The van der Waals surface area contributed by atoms with E-state index in [1.807, 2.05) is 6.07 Å². The average Bonchev–Trinajstić information content (AvgIpc) is 2.22. The van der Waals surface area contributed by atoms with Crippen LogP contribution in [0.4, 0.5) is 0 Å². The quantitative estimate of drug-likeness (QED) is 0.897. The Labute approximate surface area is 104 Å². The fourth-order valence-corrected chi connectivity index (χ4v) is 3.12. The van der Waals surface area contributed by atoms with E-state index < -0.39 is 0 Å². The standard InChI is InChI=1S/C12H16BrNO2/c1-16-9-4-3-8(13)10(11(9)15)12(7-14)5-2-6-12/h3-4,15H,2,5-7,14H2,1H3. The van der Waals surface area contributed by atoms with Crippen LogP contribution in [0.25, 0.3) is 0 Å². The molecule has 3 N–H and O–H groups in total. The SMILES string of the molecule is COc1ccc(Br)c(C2(CN)CCC2)c1O. The van der Waals surface area contributed by atoms with Gasteiger partial charge in [-0.25, -0.2) is 0 Å². The molecule has 0 aromatic heterocycles. The van der Waals surface area contributed by atoms with Gasteiger partial charge in [-0.2, -0.15) is 0 Å². The largest absolute Gasteiger partial charge is 0.504 e. The number of methoxy groups -OCH3 is 1. The van der Waals surface area contributed by atoms with Crippen LogP contribution in [-0.2, 0) is 5.41 Å². The van der Waals surface area contributed by atoms with E-state index in [0.29, 0.717) is 12.3 Å². The van der Waals surface area contributed by atoms with Crippen molar-refractivity contribution in [2.24, 2.45) is 5.73 Å². The van der Waals surface area contributed by atoms with Gasteiger partial charge in [0.1, 0.15) is 0 Å². The summed E-state index contributed by atoms with van der Waals surface area (Å²) in [7, 11) is 1.56. The Morgan fingerprint density at radius 1 is 1.50 bits per heavy atom. The highest BCUT2D eigenvalue weighted by Crippen LogP contribution is 2.51. The number of nitrogens with two attached hydrogens (primary N) is 1. The van der Waals surface area contributed by atoms with Crippen LogP contribution in [0.5, 0.6) is 11.5 Å². The van der Waals surface area contributed by atoms with Crippen molar-refractivity contribution in [3.05, 3.63) is 22.2 Å². The first kappa shape index (κ1) is 11.7. The second-order valence-electron chi connectivity index (χ2n) is 4.31. The summed E-state index contributed by atoms with van der Waals surface area (Å²) in [6, 6.07) is 3.66. The summed E-state index contributed by atoms with van der Waals surface area (Å²) >= 11 is 3.49. The molecule has 0 unspecified atom stereocenters. The lowest BCUT2D eigenvalue weighted by Crippen LogP contribution is -2.41. The van der Waals surface area contributed by atoms with E-state index in [0.717, 1.165) is 22.9 Å². The average molecular weight is 286 g/mol. The molecule has 3 nitrogen and oxygen atoms in total. The van der Waals surface area contributed by atoms with Crippen LogP contribution in [0.3, 0.4) is 0 Å². The lowest BCUT2D eigenvalue weighted by Gasteiger charge is -2.42. The molecule has 1 aliphatic rings. The summed E-state index contributed by atoms with van der Waals surface area (Å²) < 4.78 is 6.05. The first-order valence-electron chi connectivity index (χ1n) is 5.40. The minimum atomic E-state index is -0.0720. The highest BCUT2D eigenvalue weighted by molar-refractivity contribution is 9.10. The van der Waals surface area contributed by atoms with Crippen LogP contribution in [-0.4, -0.2) is 18.8 Å². The summed E-state index contributed by atoms with van der Waals surface area (Å²) in [5.74, 6) is 0.736. The second kappa shape index (κ2) is 4.26. The zero-order valence-electron chi connectivity index (χ0n) is 9.29. The molecule has 1 aromatic rings. The predicted octanol–water partition coefficient (Wildman–Crippen LogP) is 2.54. The minimum absolute atomic E-state index is 0.0720. The molecule has 0 amide bonds. The van der Waals surface area contributed by atoms with E-state index in [-0.39, 0.29) is 11.2 Å². The minimum Gasteiger partial charge on any atom is -0.504 e. The monoisotopic (exact) mass is 285 g/mol. The summed E-state index contributed by atoms with van der Waals surface area (Å²) in [6.07, 6.45) is 3.23. The molecule has 0 saturated heterocycles. The maximum absolute atomic E-state index is 10.2. The van der Waals surface area contributed by atoms with Crippen LogP contribution in [0.2, 0.25) is 0 Å². The summed E-state index contributed by atoms with van der Waals surface area (Å²) in [4.78, 5) is 0. The van der Waals surface area contributed by atoms with Crippen LogP contribution in [0, 0.1) is 0 Å². The van der Waals surface area contributed by atoms with Crippen LogP contribution in [0.15, 0.2) is 16.6 Å². The molecule has 1 aliphatic carbocycles. The number of aromatic hydroxyl groups is 1. The Bertz CT molecular complexity index is 397. The van der Waals surface area contributed by atoms with Crippen molar-refractivity contribution in [2.75, 3.05) is 13.7 Å². The number of phenolic OH excluding ortho intramolecular Hbond substituents is 1. The van der Waals surface area contributed by atoms with Gasteiger partial charge in [-0.05, 0) is 25.0 Å². The number of rotatable bonds is 3. The molecule has 0 radical (unpaired) electrons. The van der Waals surface area contributed by atoms with E-state index in [2.05, 4.69) is 15.9 Å². The van der Waals surface area contributed by atoms with Gasteiger partial charge in [0, 0.05) is 22.0 Å². The van der Waals surface area contributed by atoms with Crippen molar-refractivity contribution in [1.82, 2.24) is 0 Å². The molecule has 0 atom stereocenters. The van der Waals surface area contributed by atoms with Gasteiger partial charge in [0.05, 0.1) is 7.11 Å². The molecule has 4 heteroatoms. The number of ether oxygens (including phenoxy) is 1. The Balaban J connectivity index is 2.54. The molecule has 88 valence electrons. The smallest absolute Gasteiger partial charge is 0.162 e. The van der Waals surface area contributed by atoms with Gasteiger partial charge in [-0.1, -0.05) is 22.4 Å². The molecule has 1 fully saturated rings. The Morgan fingerprint density at radius 3 is 2.62 bits per heavy atom. The van der Waals surface area contributed by atoms with E-state index in [1.54, 1.807) is 13.2 Å². The number of benzene rings is 1. The molecule has 2 rings (SSSR count). The normalized spacial score (nSPS) is 17.9. The van der Waals surface area contributed by atoms with Gasteiger partial charge >= 0.3 is 0 Å². The third-order valence-electron chi connectivity index (χ3n) is 3.54. The lowest BCUT2D eigenvalue weighted by atomic mass is 9.64. The lowest BCUT2D eigenvalue weighted by molar-refractivity contribution is 0.241. The Kier molecular flexibility index (Phi) is 3.13. The molecule has 0 aliphatic heterocycles. The van der Waals surface area contributed by atoms with Crippen molar-refractivity contribution >= 4 is 15.9 Å². The maximum atomic E-state index is 10.2. The van der Waals surface area contributed by atoms with Crippen molar-refractivity contribution in [3.63, 3.8) is 0 Å². The molecular formula is C12H16BrNO2. The van der Waals surface area contributed by atoms with E-state index >= 15 is 0 Å². The summed E-state index contributed by atoms with van der Waals surface area (Å²) in [5, 5.41) is 10.2. The summed E-state index contributed by atoms with van der Waals surface area (Å²) in [6.45, 7) is 0.562. The molecule has 0 heterocycles. The topological polar surface area (TPSA) is 55.5 Å². The third-order valence-corrected chi connectivity index (χ3v) is 4.20. The second-order valence-corrected chi connectivity index (χ2v) is 5.17. The molecule has 16 heavy (non-hydrogen) atoms. The van der Waals surface area contributed by atoms with E-state index in [4.69, 9.17) is 10.5 Å². The third kappa shape index (κ3) is 1.60. The van der Waals surface area contributed by atoms with Gasteiger partial charge in [-0.3, -0.25) is 0 Å². The molecule has 1 aromatic carbocycles. The van der Waals surface area contributed by atoms with Crippen molar-refractivity contribution in [1.29, 1.82) is 0 Å².